The zero-order valence-electron chi connectivity index (χ0n) is 9.71. The van der Waals surface area contributed by atoms with Crippen LogP contribution in [0.15, 0.2) is 18.2 Å². The first-order chi connectivity index (χ1) is 7.86. The molecule has 0 fully saturated rings. The first-order valence-corrected chi connectivity index (χ1v) is 6.45. The van der Waals surface area contributed by atoms with Gasteiger partial charge in [0.15, 0.2) is 0 Å². The molecule has 1 unspecified atom stereocenters. The van der Waals surface area contributed by atoms with E-state index in [0.29, 0.717) is 16.9 Å². The van der Waals surface area contributed by atoms with E-state index in [4.69, 9.17) is 0 Å². The van der Waals surface area contributed by atoms with Crippen molar-refractivity contribution in [1.82, 2.24) is 0 Å². The number of aliphatic hydroxyl groups is 1. The molecule has 17 heavy (non-hydrogen) atoms. The predicted molar refractivity (Wildman–Crippen MR) is 64.1 cm³/mol. The molecule has 0 aliphatic rings. The van der Waals surface area contributed by atoms with Crippen LogP contribution in [0, 0.1) is 6.92 Å². The van der Waals surface area contributed by atoms with E-state index in [9.17, 15) is 18.3 Å². The number of aliphatic hydroxyl groups excluding tert-OH is 1. The molecule has 0 saturated carbocycles. The van der Waals surface area contributed by atoms with E-state index in [1.807, 2.05) is 6.92 Å². The van der Waals surface area contributed by atoms with Crippen LogP contribution in [0.2, 0.25) is 0 Å². The Bertz CT molecular complexity index is 377. The number of hydrogen-bond acceptors (Lipinski definition) is 2. The Balaban J connectivity index is 2.90. The highest BCUT2D eigenvalue weighted by Gasteiger charge is 2.30. The quantitative estimate of drug-likeness (QED) is 0.892. The average Bonchev–Trinajstić information content (AvgIpc) is 2.24. The molecule has 0 heterocycles. The highest BCUT2D eigenvalue weighted by Crippen LogP contribution is 2.32. The number of rotatable bonds is 4. The summed E-state index contributed by atoms with van der Waals surface area (Å²) >= 11 is 1.56. The van der Waals surface area contributed by atoms with Crippen molar-refractivity contribution in [2.75, 3.05) is 11.5 Å². The van der Waals surface area contributed by atoms with Gasteiger partial charge in [0.2, 0.25) is 0 Å². The summed E-state index contributed by atoms with van der Waals surface area (Å²) in [4.78, 5) is 0. The number of hydrogen-bond donors (Lipinski definition) is 1. The van der Waals surface area contributed by atoms with E-state index in [-0.39, 0.29) is 0 Å². The monoisotopic (exact) mass is 264 g/mol. The molecular weight excluding hydrogens is 249 g/mol. The highest BCUT2D eigenvalue weighted by atomic mass is 32.2. The number of aryl methyl sites for hydroxylation is 1. The van der Waals surface area contributed by atoms with Gasteiger partial charge in [-0.2, -0.15) is 24.9 Å². The Morgan fingerprint density at radius 3 is 2.47 bits per heavy atom. The van der Waals surface area contributed by atoms with Crippen molar-refractivity contribution in [3.05, 3.63) is 34.9 Å². The number of halogens is 3. The third-order valence-electron chi connectivity index (χ3n) is 2.44. The lowest BCUT2D eigenvalue weighted by molar-refractivity contribution is -0.137. The van der Waals surface area contributed by atoms with E-state index in [1.54, 1.807) is 18.7 Å². The standard InChI is InChI=1S/C12H15F3OS/c1-3-17-7-11(16)10-5-4-9(6-8(10)2)12(13,14)15/h4-6,11,16H,3,7H2,1-2H3. The Morgan fingerprint density at radius 2 is 2.00 bits per heavy atom. The van der Waals surface area contributed by atoms with Crippen LogP contribution in [0.1, 0.15) is 29.7 Å². The third kappa shape index (κ3) is 3.92. The van der Waals surface area contributed by atoms with Crippen LogP contribution in [0.25, 0.3) is 0 Å². The second-order valence-electron chi connectivity index (χ2n) is 3.74. The zero-order chi connectivity index (χ0) is 13.1. The minimum Gasteiger partial charge on any atom is -0.388 e. The maximum atomic E-state index is 12.4. The molecule has 0 amide bonds. The number of alkyl halides is 3. The molecule has 0 saturated heterocycles. The van der Waals surface area contributed by atoms with E-state index < -0.39 is 17.8 Å². The molecule has 0 aliphatic carbocycles. The molecule has 0 spiro atoms. The smallest absolute Gasteiger partial charge is 0.388 e. The summed E-state index contributed by atoms with van der Waals surface area (Å²) in [5.74, 6) is 1.37. The minimum atomic E-state index is -4.33. The Kier molecular flexibility index (Phi) is 4.89. The van der Waals surface area contributed by atoms with Crippen LogP contribution >= 0.6 is 11.8 Å². The normalized spacial score (nSPS) is 13.8. The van der Waals surface area contributed by atoms with Crippen molar-refractivity contribution >= 4 is 11.8 Å². The predicted octanol–water partition coefficient (Wildman–Crippen LogP) is 3.80. The Morgan fingerprint density at radius 1 is 1.35 bits per heavy atom. The lowest BCUT2D eigenvalue weighted by atomic mass is 10.0. The minimum absolute atomic E-state index is 0.476. The second kappa shape index (κ2) is 5.78. The van der Waals surface area contributed by atoms with Crippen LogP contribution in [0.3, 0.4) is 0 Å². The van der Waals surface area contributed by atoms with Gasteiger partial charge in [-0.3, -0.25) is 0 Å². The lowest BCUT2D eigenvalue weighted by Gasteiger charge is -2.15. The summed E-state index contributed by atoms with van der Waals surface area (Å²) in [7, 11) is 0. The molecule has 0 aromatic heterocycles. The summed E-state index contributed by atoms with van der Waals surface area (Å²) in [5.41, 5.74) is 0.372. The average molecular weight is 264 g/mol. The van der Waals surface area contributed by atoms with Crippen molar-refractivity contribution in [3.8, 4) is 0 Å². The fourth-order valence-corrected chi connectivity index (χ4v) is 2.18. The third-order valence-corrected chi connectivity index (χ3v) is 3.40. The first kappa shape index (κ1) is 14.4. The van der Waals surface area contributed by atoms with Gasteiger partial charge in [-0.15, -0.1) is 0 Å². The van der Waals surface area contributed by atoms with Gasteiger partial charge < -0.3 is 5.11 Å². The molecule has 0 radical (unpaired) electrons. The Labute approximate surface area is 103 Å². The molecule has 1 rings (SSSR count). The van der Waals surface area contributed by atoms with Crippen LogP contribution in [-0.2, 0) is 6.18 Å². The first-order valence-electron chi connectivity index (χ1n) is 5.29. The molecule has 0 aliphatic heterocycles. The molecule has 96 valence electrons. The van der Waals surface area contributed by atoms with Crippen molar-refractivity contribution in [2.24, 2.45) is 0 Å². The van der Waals surface area contributed by atoms with Gasteiger partial charge >= 0.3 is 6.18 Å². The fraction of sp³-hybridized carbons (Fsp3) is 0.500. The summed E-state index contributed by atoms with van der Waals surface area (Å²) < 4.78 is 37.3. The topological polar surface area (TPSA) is 20.2 Å². The van der Waals surface area contributed by atoms with E-state index in [2.05, 4.69) is 0 Å². The van der Waals surface area contributed by atoms with Gasteiger partial charge in [-0.05, 0) is 35.9 Å². The molecule has 0 bridgehead atoms. The largest absolute Gasteiger partial charge is 0.416 e. The number of thioether (sulfide) groups is 1. The van der Waals surface area contributed by atoms with Crippen molar-refractivity contribution in [2.45, 2.75) is 26.1 Å². The van der Waals surface area contributed by atoms with Gasteiger partial charge in [-0.25, -0.2) is 0 Å². The van der Waals surface area contributed by atoms with E-state index in [0.717, 1.165) is 17.9 Å². The van der Waals surface area contributed by atoms with Crippen LogP contribution in [-0.4, -0.2) is 16.6 Å². The summed E-state index contributed by atoms with van der Waals surface area (Å²) in [6, 6.07) is 3.45. The van der Waals surface area contributed by atoms with Gasteiger partial charge in [0.25, 0.3) is 0 Å². The summed E-state index contributed by atoms with van der Waals surface area (Å²) in [6.45, 7) is 3.56. The molecule has 1 aromatic carbocycles. The van der Waals surface area contributed by atoms with Crippen LogP contribution in [0.4, 0.5) is 13.2 Å². The fourth-order valence-electron chi connectivity index (χ4n) is 1.55. The molecule has 1 nitrogen and oxygen atoms in total. The Hall–Kier alpha value is -0.680. The van der Waals surface area contributed by atoms with Gasteiger partial charge in [0.05, 0.1) is 11.7 Å². The number of benzene rings is 1. The van der Waals surface area contributed by atoms with E-state index in [1.165, 1.54) is 6.07 Å². The highest BCUT2D eigenvalue weighted by molar-refractivity contribution is 7.99. The van der Waals surface area contributed by atoms with Crippen LogP contribution in [0.5, 0.6) is 0 Å². The zero-order valence-corrected chi connectivity index (χ0v) is 10.5. The van der Waals surface area contributed by atoms with Crippen molar-refractivity contribution in [3.63, 3.8) is 0 Å². The lowest BCUT2D eigenvalue weighted by Crippen LogP contribution is -2.08. The van der Waals surface area contributed by atoms with Gasteiger partial charge in [0, 0.05) is 5.75 Å². The molecular formula is C12H15F3OS. The van der Waals surface area contributed by atoms with Crippen molar-refractivity contribution < 1.29 is 18.3 Å². The van der Waals surface area contributed by atoms with E-state index >= 15 is 0 Å². The SMILES string of the molecule is CCSCC(O)c1ccc(C(F)(F)F)cc1C. The summed E-state index contributed by atoms with van der Waals surface area (Å²) in [5, 5.41) is 9.82. The van der Waals surface area contributed by atoms with Crippen molar-refractivity contribution in [1.29, 1.82) is 0 Å². The molecule has 5 heteroatoms. The van der Waals surface area contributed by atoms with Crippen LogP contribution < -0.4 is 0 Å². The second-order valence-corrected chi connectivity index (χ2v) is 5.06. The summed E-state index contributed by atoms with van der Waals surface area (Å²) in [6.07, 6.45) is -5.03. The maximum Gasteiger partial charge on any atom is 0.416 e. The molecule has 1 N–H and O–H groups in total. The van der Waals surface area contributed by atoms with Gasteiger partial charge in [-0.1, -0.05) is 13.0 Å². The molecule has 1 aromatic rings. The maximum absolute atomic E-state index is 12.4. The van der Waals surface area contributed by atoms with Gasteiger partial charge in [0.1, 0.15) is 0 Å². The molecule has 1 atom stereocenters.